The van der Waals surface area contributed by atoms with Gasteiger partial charge in [-0.1, -0.05) is 88.6 Å². The molecule has 0 saturated heterocycles. The molecule has 0 radical (unpaired) electrons. The van der Waals surface area contributed by atoms with Crippen molar-refractivity contribution in [2.45, 2.75) is 84.6 Å². The van der Waals surface area contributed by atoms with Gasteiger partial charge in [-0.15, -0.1) is 0 Å². The highest BCUT2D eigenvalue weighted by molar-refractivity contribution is 7.89. The van der Waals surface area contributed by atoms with Crippen molar-refractivity contribution in [1.29, 1.82) is 0 Å². The number of carbonyl (C=O) groups is 1. The van der Waals surface area contributed by atoms with Gasteiger partial charge in [0.05, 0.1) is 18.4 Å². The lowest BCUT2D eigenvalue weighted by Crippen LogP contribution is -2.33. The van der Waals surface area contributed by atoms with Crippen LogP contribution in [0.25, 0.3) is 11.1 Å². The van der Waals surface area contributed by atoms with Crippen LogP contribution in [0.2, 0.25) is 0 Å². The van der Waals surface area contributed by atoms with E-state index in [1.54, 1.807) is 10.4 Å². The Hall–Kier alpha value is -2.18. The van der Waals surface area contributed by atoms with Crippen molar-refractivity contribution in [3.8, 4) is 11.1 Å². The Bertz CT molecular complexity index is 1090. The summed E-state index contributed by atoms with van der Waals surface area (Å²) in [6.07, 6.45) is 11.4. The second kappa shape index (κ2) is 13.9. The Morgan fingerprint density at radius 2 is 1.75 bits per heavy atom. The summed E-state index contributed by atoms with van der Waals surface area (Å²) in [5.41, 5.74) is 4.15. The topological polar surface area (TPSA) is 63.7 Å². The van der Waals surface area contributed by atoms with Gasteiger partial charge in [0.2, 0.25) is 10.0 Å². The van der Waals surface area contributed by atoms with Gasteiger partial charge >= 0.3 is 5.97 Å². The lowest BCUT2D eigenvalue weighted by Gasteiger charge is -2.24. The van der Waals surface area contributed by atoms with Crippen molar-refractivity contribution >= 4 is 16.0 Å². The third kappa shape index (κ3) is 7.91. The number of hydrogen-bond donors (Lipinski definition) is 0. The van der Waals surface area contributed by atoms with E-state index >= 15 is 0 Å². The van der Waals surface area contributed by atoms with Gasteiger partial charge in [0.25, 0.3) is 0 Å². The van der Waals surface area contributed by atoms with Crippen LogP contribution in [0.4, 0.5) is 0 Å². The van der Waals surface area contributed by atoms with E-state index in [4.69, 9.17) is 4.74 Å². The fourth-order valence-corrected chi connectivity index (χ4v) is 6.91. The molecule has 0 spiro atoms. The molecule has 0 amide bonds. The van der Waals surface area contributed by atoms with E-state index in [-0.39, 0.29) is 5.75 Å². The Morgan fingerprint density at radius 1 is 1.00 bits per heavy atom. The highest BCUT2D eigenvalue weighted by atomic mass is 32.2. The summed E-state index contributed by atoms with van der Waals surface area (Å²) in [7, 11) is -1.98. The number of rotatable bonds is 13. The number of nitrogens with zero attached hydrogens (tertiary/aromatic N) is 1. The summed E-state index contributed by atoms with van der Waals surface area (Å²) in [4.78, 5) is 12.5. The van der Waals surface area contributed by atoms with Crippen LogP contribution in [0.1, 0.15) is 92.6 Å². The van der Waals surface area contributed by atoms with Crippen LogP contribution in [-0.2, 0) is 21.3 Å². The van der Waals surface area contributed by atoms with Gasteiger partial charge in [-0.3, -0.25) is 0 Å². The van der Waals surface area contributed by atoms with Crippen LogP contribution in [0.15, 0.2) is 42.5 Å². The molecule has 0 aliphatic heterocycles. The highest BCUT2D eigenvalue weighted by Crippen LogP contribution is 2.30. The first kappa shape index (κ1) is 28.4. The minimum Gasteiger partial charge on any atom is -0.465 e. The Labute approximate surface area is 218 Å². The Kier molecular flexibility index (Phi) is 11.0. The lowest BCUT2D eigenvalue weighted by atomic mass is 9.86. The van der Waals surface area contributed by atoms with E-state index in [9.17, 15) is 13.2 Å². The molecule has 0 heterocycles. The molecule has 0 N–H and O–H groups in total. The molecule has 198 valence electrons. The third-order valence-corrected chi connectivity index (χ3v) is 9.33. The summed E-state index contributed by atoms with van der Waals surface area (Å²) < 4.78 is 33.2. The number of ether oxygens (including phenoxy) is 1. The fraction of sp³-hybridized carbons (Fsp3) is 0.567. The first-order chi connectivity index (χ1) is 17.4. The quantitative estimate of drug-likeness (QED) is 0.211. The highest BCUT2D eigenvalue weighted by Gasteiger charge is 2.23. The van der Waals surface area contributed by atoms with E-state index < -0.39 is 16.0 Å². The molecule has 36 heavy (non-hydrogen) atoms. The molecule has 0 aromatic heterocycles. The maximum Gasteiger partial charge on any atom is 0.338 e. The van der Waals surface area contributed by atoms with Gasteiger partial charge in [-0.2, -0.15) is 4.31 Å². The summed E-state index contributed by atoms with van der Waals surface area (Å²) in [6.45, 7) is 4.88. The molecule has 1 saturated carbocycles. The minimum absolute atomic E-state index is 0.178. The largest absolute Gasteiger partial charge is 0.465 e. The van der Waals surface area contributed by atoms with Gasteiger partial charge in [0, 0.05) is 13.1 Å². The van der Waals surface area contributed by atoms with Gasteiger partial charge in [0.15, 0.2) is 0 Å². The van der Waals surface area contributed by atoms with Gasteiger partial charge in [-0.05, 0) is 60.1 Å². The van der Waals surface area contributed by atoms with Crippen LogP contribution < -0.4 is 0 Å². The molecular weight excluding hydrogens is 470 g/mol. The van der Waals surface area contributed by atoms with E-state index in [1.165, 1.54) is 45.6 Å². The minimum atomic E-state index is -3.36. The van der Waals surface area contributed by atoms with Crippen LogP contribution >= 0.6 is 0 Å². The molecule has 1 aliphatic rings. The molecule has 0 atom stereocenters. The van der Waals surface area contributed by atoms with E-state index in [2.05, 4.69) is 0 Å². The molecule has 0 bridgehead atoms. The number of unbranched alkanes of at least 4 members (excludes halogenated alkanes) is 2. The normalized spacial score (nSPS) is 14.8. The summed E-state index contributed by atoms with van der Waals surface area (Å²) in [5, 5.41) is 0. The number of carbonyl (C=O) groups excluding carboxylic acids is 1. The number of sulfonamides is 1. The van der Waals surface area contributed by atoms with Crippen molar-refractivity contribution < 1.29 is 17.9 Å². The van der Waals surface area contributed by atoms with Gasteiger partial charge in [0.1, 0.15) is 0 Å². The zero-order chi connectivity index (χ0) is 26.0. The molecule has 1 fully saturated rings. The summed E-state index contributed by atoms with van der Waals surface area (Å²) in [6, 6.07) is 13.5. The monoisotopic (exact) mass is 513 g/mol. The average molecular weight is 514 g/mol. The van der Waals surface area contributed by atoms with Crippen LogP contribution in [0, 0.1) is 12.8 Å². The number of aryl methyl sites for hydroxylation is 1. The van der Waals surface area contributed by atoms with Crippen LogP contribution in [-0.4, -0.2) is 38.1 Å². The van der Waals surface area contributed by atoms with Crippen molar-refractivity contribution in [3.05, 3.63) is 59.2 Å². The number of benzene rings is 2. The van der Waals surface area contributed by atoms with E-state index in [0.29, 0.717) is 25.1 Å². The fourth-order valence-electron chi connectivity index (χ4n) is 5.25. The van der Waals surface area contributed by atoms with Gasteiger partial charge < -0.3 is 4.74 Å². The molecule has 6 heteroatoms. The molecule has 3 rings (SSSR count). The zero-order valence-corrected chi connectivity index (χ0v) is 23.1. The number of esters is 1. The molecule has 2 aromatic carbocycles. The van der Waals surface area contributed by atoms with Crippen molar-refractivity contribution in [3.63, 3.8) is 0 Å². The smallest absolute Gasteiger partial charge is 0.338 e. The first-order valence-electron chi connectivity index (χ1n) is 13.6. The number of methoxy groups -OCH3 is 1. The zero-order valence-electron chi connectivity index (χ0n) is 22.3. The third-order valence-electron chi connectivity index (χ3n) is 7.43. The van der Waals surface area contributed by atoms with Crippen molar-refractivity contribution in [2.24, 2.45) is 5.92 Å². The van der Waals surface area contributed by atoms with Crippen LogP contribution in [0.3, 0.4) is 0 Å². The van der Waals surface area contributed by atoms with Crippen molar-refractivity contribution in [2.75, 3.05) is 19.4 Å². The lowest BCUT2D eigenvalue weighted by molar-refractivity contribution is 0.0601. The van der Waals surface area contributed by atoms with E-state index in [1.807, 2.05) is 50.2 Å². The number of hydrogen-bond acceptors (Lipinski definition) is 4. The van der Waals surface area contributed by atoms with Crippen molar-refractivity contribution in [1.82, 2.24) is 4.31 Å². The maximum atomic E-state index is 13.3. The standard InChI is InChI=1S/C30H43NO4S/c1-4-5-21-36(33,34)31(20-12-11-16-25-14-7-6-8-15-25)23-26-18-19-28(30(32)35-3)29(22-26)27-17-10-9-13-24(27)2/h9-10,13,17-19,22,25H,4-8,11-12,14-16,20-21,23H2,1-3H3. The predicted octanol–water partition coefficient (Wildman–Crippen LogP) is 7.13. The SMILES string of the molecule is CCCCS(=O)(=O)N(CCCCC1CCCCC1)Cc1ccc(C(=O)OC)c(-c2ccccc2C)c1. The second-order valence-corrected chi connectivity index (χ2v) is 12.3. The predicted molar refractivity (Wildman–Crippen MR) is 147 cm³/mol. The molecular formula is C30H43NO4S. The molecule has 0 unspecified atom stereocenters. The van der Waals surface area contributed by atoms with Gasteiger partial charge in [-0.25, -0.2) is 13.2 Å². The first-order valence-corrected chi connectivity index (χ1v) is 15.2. The second-order valence-electron chi connectivity index (χ2n) is 10.2. The van der Waals surface area contributed by atoms with Crippen LogP contribution in [0.5, 0.6) is 0 Å². The Balaban J connectivity index is 1.81. The average Bonchev–Trinajstić information content (AvgIpc) is 2.89. The molecule has 2 aromatic rings. The molecule has 1 aliphatic carbocycles. The Morgan fingerprint density at radius 3 is 2.44 bits per heavy atom. The van der Waals surface area contributed by atoms with E-state index in [0.717, 1.165) is 47.4 Å². The summed E-state index contributed by atoms with van der Waals surface area (Å²) >= 11 is 0. The maximum absolute atomic E-state index is 13.3. The summed E-state index contributed by atoms with van der Waals surface area (Å²) in [5.74, 6) is 0.596. The molecule has 5 nitrogen and oxygen atoms in total.